The van der Waals surface area contributed by atoms with Crippen LogP contribution in [0.3, 0.4) is 0 Å². The smallest absolute Gasteiger partial charge is 0.224 e. The van der Waals surface area contributed by atoms with Crippen molar-refractivity contribution in [1.29, 1.82) is 0 Å². The van der Waals surface area contributed by atoms with Crippen LogP contribution in [-0.2, 0) is 20.7 Å². The van der Waals surface area contributed by atoms with Crippen molar-refractivity contribution >= 4 is 11.8 Å². The molecule has 0 saturated carbocycles. The molecule has 1 aliphatic heterocycles. The number of aryl methyl sites for hydroxylation is 1. The van der Waals surface area contributed by atoms with E-state index >= 15 is 0 Å². The highest BCUT2D eigenvalue weighted by Crippen LogP contribution is 2.23. The third kappa shape index (κ3) is 6.73. The molecule has 2 amide bonds. The van der Waals surface area contributed by atoms with Crippen molar-refractivity contribution in [2.24, 2.45) is 0 Å². The average molecular weight is 399 g/mol. The summed E-state index contributed by atoms with van der Waals surface area (Å²) in [6.45, 7) is 5.65. The standard InChI is InChI=1S/C22H29N3O4/c1-17-7-8-20(29-17)19(25-11-13-28-14-12-25)16-24-21(26)9-10-23-22(27)15-18-5-3-2-4-6-18/h2-8,19H,9-16H2,1H3,(H,23,27)(H,24,26)/t19-/m0/s1. The minimum absolute atomic E-state index is 0.0239. The number of hydrogen-bond acceptors (Lipinski definition) is 5. The van der Waals surface area contributed by atoms with Crippen LogP contribution in [0.1, 0.15) is 29.5 Å². The van der Waals surface area contributed by atoms with Gasteiger partial charge in [-0.25, -0.2) is 0 Å². The largest absolute Gasteiger partial charge is 0.465 e. The minimum Gasteiger partial charge on any atom is -0.465 e. The van der Waals surface area contributed by atoms with Gasteiger partial charge in [-0.05, 0) is 24.6 Å². The van der Waals surface area contributed by atoms with Gasteiger partial charge in [0.15, 0.2) is 0 Å². The Morgan fingerprint density at radius 3 is 2.48 bits per heavy atom. The van der Waals surface area contributed by atoms with Crippen molar-refractivity contribution in [2.45, 2.75) is 25.8 Å². The fraction of sp³-hybridized carbons (Fsp3) is 0.455. The molecule has 1 aromatic heterocycles. The molecule has 156 valence electrons. The number of rotatable bonds is 9. The zero-order chi connectivity index (χ0) is 20.5. The molecule has 1 saturated heterocycles. The van der Waals surface area contributed by atoms with Crippen molar-refractivity contribution < 1.29 is 18.7 Å². The lowest BCUT2D eigenvalue weighted by molar-refractivity contribution is -0.122. The number of amides is 2. The number of morpholine rings is 1. The molecule has 7 nitrogen and oxygen atoms in total. The maximum atomic E-state index is 12.3. The predicted octanol–water partition coefficient (Wildman–Crippen LogP) is 1.83. The molecule has 0 aliphatic carbocycles. The summed E-state index contributed by atoms with van der Waals surface area (Å²) in [5.74, 6) is 1.53. The van der Waals surface area contributed by atoms with Crippen LogP contribution in [0.5, 0.6) is 0 Å². The number of carbonyl (C=O) groups is 2. The molecule has 29 heavy (non-hydrogen) atoms. The number of carbonyl (C=O) groups excluding carboxylic acids is 2. The van der Waals surface area contributed by atoms with Crippen LogP contribution in [0, 0.1) is 6.92 Å². The Balaban J connectivity index is 1.43. The SMILES string of the molecule is Cc1ccc([C@H](CNC(=O)CCNC(=O)Cc2ccccc2)N2CCOCC2)o1. The van der Waals surface area contributed by atoms with Crippen LogP contribution in [0.25, 0.3) is 0 Å². The molecule has 1 aromatic carbocycles. The second-order valence-electron chi connectivity index (χ2n) is 7.18. The average Bonchev–Trinajstić information content (AvgIpc) is 3.15. The van der Waals surface area contributed by atoms with Crippen molar-refractivity contribution in [3.05, 3.63) is 59.5 Å². The van der Waals surface area contributed by atoms with E-state index in [-0.39, 0.29) is 24.3 Å². The molecule has 1 aliphatic rings. The zero-order valence-corrected chi connectivity index (χ0v) is 16.9. The van der Waals surface area contributed by atoms with Gasteiger partial charge >= 0.3 is 0 Å². The van der Waals surface area contributed by atoms with E-state index in [0.29, 0.717) is 32.7 Å². The van der Waals surface area contributed by atoms with E-state index in [1.807, 2.05) is 49.4 Å². The second-order valence-corrected chi connectivity index (χ2v) is 7.18. The highest BCUT2D eigenvalue weighted by molar-refractivity contribution is 5.80. The molecule has 0 unspecified atom stereocenters. The molecule has 1 atom stereocenters. The third-order valence-corrected chi connectivity index (χ3v) is 4.95. The first-order valence-corrected chi connectivity index (χ1v) is 10.1. The summed E-state index contributed by atoms with van der Waals surface area (Å²) in [5, 5.41) is 5.78. The Morgan fingerprint density at radius 1 is 1.03 bits per heavy atom. The van der Waals surface area contributed by atoms with Crippen molar-refractivity contribution in [2.75, 3.05) is 39.4 Å². The fourth-order valence-electron chi connectivity index (χ4n) is 3.39. The van der Waals surface area contributed by atoms with E-state index in [2.05, 4.69) is 15.5 Å². The third-order valence-electron chi connectivity index (χ3n) is 4.95. The Kier molecular flexibility index (Phi) is 7.84. The van der Waals surface area contributed by atoms with Crippen molar-refractivity contribution in [1.82, 2.24) is 15.5 Å². The number of nitrogens with zero attached hydrogens (tertiary/aromatic N) is 1. The van der Waals surface area contributed by atoms with E-state index in [4.69, 9.17) is 9.15 Å². The highest BCUT2D eigenvalue weighted by Gasteiger charge is 2.25. The molecule has 2 heterocycles. The summed E-state index contributed by atoms with van der Waals surface area (Å²) < 4.78 is 11.2. The highest BCUT2D eigenvalue weighted by atomic mass is 16.5. The monoisotopic (exact) mass is 399 g/mol. The van der Waals surface area contributed by atoms with Crippen LogP contribution in [0.4, 0.5) is 0 Å². The lowest BCUT2D eigenvalue weighted by atomic mass is 10.1. The van der Waals surface area contributed by atoms with Gasteiger partial charge in [0, 0.05) is 32.6 Å². The zero-order valence-electron chi connectivity index (χ0n) is 16.9. The van der Waals surface area contributed by atoms with E-state index in [1.165, 1.54) is 0 Å². The fourth-order valence-corrected chi connectivity index (χ4v) is 3.39. The maximum Gasteiger partial charge on any atom is 0.224 e. The minimum atomic E-state index is -0.0912. The number of ether oxygens (including phenoxy) is 1. The summed E-state index contributed by atoms with van der Waals surface area (Å²) >= 11 is 0. The Morgan fingerprint density at radius 2 is 1.79 bits per heavy atom. The molecule has 7 heteroatoms. The summed E-state index contributed by atoms with van der Waals surface area (Å²) in [5.41, 5.74) is 0.955. The summed E-state index contributed by atoms with van der Waals surface area (Å²) in [6.07, 6.45) is 0.562. The van der Waals surface area contributed by atoms with Gasteiger partial charge in [0.2, 0.25) is 11.8 Å². The molecule has 0 bridgehead atoms. The number of hydrogen-bond donors (Lipinski definition) is 2. The second kappa shape index (κ2) is 10.8. The van der Waals surface area contributed by atoms with Crippen LogP contribution in [-0.4, -0.2) is 56.1 Å². The molecule has 2 N–H and O–H groups in total. The topological polar surface area (TPSA) is 83.8 Å². The Bertz CT molecular complexity index is 784. The van der Waals surface area contributed by atoms with Gasteiger partial charge < -0.3 is 19.8 Å². The molecule has 0 spiro atoms. The first kappa shape index (κ1) is 21.1. The van der Waals surface area contributed by atoms with Crippen molar-refractivity contribution in [3.63, 3.8) is 0 Å². The quantitative estimate of drug-likeness (QED) is 0.672. The van der Waals surface area contributed by atoms with Gasteiger partial charge in [0.1, 0.15) is 11.5 Å². The molecule has 0 radical (unpaired) electrons. The van der Waals surface area contributed by atoms with Gasteiger partial charge in [-0.15, -0.1) is 0 Å². The van der Waals surface area contributed by atoms with Crippen LogP contribution >= 0.6 is 0 Å². The van der Waals surface area contributed by atoms with Crippen molar-refractivity contribution in [3.8, 4) is 0 Å². The normalized spacial score (nSPS) is 15.6. The van der Waals surface area contributed by atoms with Crippen LogP contribution < -0.4 is 10.6 Å². The summed E-state index contributed by atoms with van der Waals surface area (Å²) in [4.78, 5) is 26.5. The Hall–Kier alpha value is -2.64. The van der Waals surface area contributed by atoms with Gasteiger partial charge in [0.05, 0.1) is 25.7 Å². The number of nitrogens with one attached hydrogen (secondary N) is 2. The van der Waals surface area contributed by atoms with Gasteiger partial charge in [-0.1, -0.05) is 30.3 Å². The first-order valence-electron chi connectivity index (χ1n) is 10.1. The molecule has 1 fully saturated rings. The van der Waals surface area contributed by atoms with Gasteiger partial charge in [0.25, 0.3) is 0 Å². The van der Waals surface area contributed by atoms with E-state index in [1.54, 1.807) is 0 Å². The number of furan rings is 1. The van der Waals surface area contributed by atoms with E-state index in [0.717, 1.165) is 30.2 Å². The lowest BCUT2D eigenvalue weighted by Crippen LogP contribution is -2.44. The molecular weight excluding hydrogens is 370 g/mol. The molecular formula is C22H29N3O4. The maximum absolute atomic E-state index is 12.3. The van der Waals surface area contributed by atoms with Crippen LogP contribution in [0.2, 0.25) is 0 Å². The Labute approximate surface area is 171 Å². The number of benzene rings is 1. The van der Waals surface area contributed by atoms with Gasteiger partial charge in [-0.3, -0.25) is 14.5 Å². The molecule has 3 rings (SSSR count). The van der Waals surface area contributed by atoms with E-state index in [9.17, 15) is 9.59 Å². The molecule has 2 aromatic rings. The predicted molar refractivity (Wildman–Crippen MR) is 109 cm³/mol. The summed E-state index contributed by atoms with van der Waals surface area (Å²) in [6, 6.07) is 13.4. The first-order chi connectivity index (χ1) is 14.1. The lowest BCUT2D eigenvalue weighted by Gasteiger charge is -2.33. The van der Waals surface area contributed by atoms with Crippen LogP contribution in [0.15, 0.2) is 46.9 Å². The summed E-state index contributed by atoms with van der Waals surface area (Å²) in [7, 11) is 0. The van der Waals surface area contributed by atoms with Gasteiger partial charge in [-0.2, -0.15) is 0 Å². The van der Waals surface area contributed by atoms with E-state index < -0.39 is 0 Å².